The van der Waals surface area contributed by atoms with Gasteiger partial charge in [0.25, 0.3) is 10.0 Å². The lowest BCUT2D eigenvalue weighted by atomic mass is 10.1. The average Bonchev–Trinajstić information content (AvgIpc) is 2.94. The first-order valence-electron chi connectivity index (χ1n) is 9.76. The Labute approximate surface area is 180 Å². The molecular weight excluding hydrogens is 444 g/mol. The fourth-order valence-corrected chi connectivity index (χ4v) is 6.21. The molecule has 2 aliphatic heterocycles. The zero-order chi connectivity index (χ0) is 22.1. The Balaban J connectivity index is 1.42. The monoisotopic (exact) mass is 466 g/mol. The van der Waals surface area contributed by atoms with Crippen molar-refractivity contribution in [2.75, 3.05) is 34.8 Å². The normalized spacial score (nSPS) is 19.9. The molecular formula is C20H22N2O7S2. The summed E-state index contributed by atoms with van der Waals surface area (Å²) in [4.78, 5) is 12.3. The highest BCUT2D eigenvalue weighted by Gasteiger charge is 2.32. The standard InChI is InChI=1S/C20H22N2O7S2/c23-20(14-8-11-30(24,25)13-14)21-15-2-4-16(5-3-15)22-31(26,27)17-6-7-18-19(12-17)29-10-1-9-28-18/h2-7,12,14,22H,1,8-11,13H2,(H,21,23)/t14-/m1/s1. The topological polar surface area (TPSA) is 128 Å². The summed E-state index contributed by atoms with van der Waals surface area (Å²) in [5.41, 5.74) is 0.765. The highest BCUT2D eigenvalue weighted by atomic mass is 32.2. The second kappa shape index (κ2) is 8.39. The van der Waals surface area contributed by atoms with E-state index in [-0.39, 0.29) is 22.3 Å². The number of hydrogen-bond acceptors (Lipinski definition) is 7. The fourth-order valence-electron chi connectivity index (χ4n) is 3.39. The molecule has 1 fully saturated rings. The Morgan fingerprint density at radius 2 is 1.65 bits per heavy atom. The number of carbonyl (C=O) groups is 1. The van der Waals surface area contributed by atoms with Gasteiger partial charge in [-0.3, -0.25) is 9.52 Å². The number of anilines is 2. The Morgan fingerprint density at radius 1 is 0.968 bits per heavy atom. The Hall–Kier alpha value is -2.79. The van der Waals surface area contributed by atoms with Crippen molar-refractivity contribution < 1.29 is 31.1 Å². The third kappa shape index (κ3) is 5.10. The number of amides is 1. The smallest absolute Gasteiger partial charge is 0.262 e. The van der Waals surface area contributed by atoms with Gasteiger partial charge in [0.05, 0.1) is 35.5 Å². The second-order valence-electron chi connectivity index (χ2n) is 7.43. The summed E-state index contributed by atoms with van der Waals surface area (Å²) in [6.45, 7) is 0.959. The largest absolute Gasteiger partial charge is 0.490 e. The van der Waals surface area contributed by atoms with Crippen molar-refractivity contribution in [3.8, 4) is 11.5 Å². The van der Waals surface area contributed by atoms with E-state index >= 15 is 0 Å². The van der Waals surface area contributed by atoms with Crippen LogP contribution in [-0.4, -0.2) is 47.5 Å². The van der Waals surface area contributed by atoms with Gasteiger partial charge in [-0.25, -0.2) is 16.8 Å². The zero-order valence-corrected chi connectivity index (χ0v) is 18.2. The molecule has 2 aliphatic rings. The number of sulfonamides is 1. The van der Waals surface area contributed by atoms with Crippen molar-refractivity contribution in [3.05, 3.63) is 42.5 Å². The highest BCUT2D eigenvalue weighted by molar-refractivity contribution is 7.92. The van der Waals surface area contributed by atoms with Crippen LogP contribution in [0.5, 0.6) is 11.5 Å². The number of ether oxygens (including phenoxy) is 2. The lowest BCUT2D eigenvalue weighted by Gasteiger charge is -2.13. The van der Waals surface area contributed by atoms with Gasteiger partial charge >= 0.3 is 0 Å². The van der Waals surface area contributed by atoms with Crippen LogP contribution in [0.2, 0.25) is 0 Å². The molecule has 2 aromatic rings. The van der Waals surface area contributed by atoms with Crippen LogP contribution in [0, 0.1) is 5.92 Å². The van der Waals surface area contributed by atoms with E-state index in [0.717, 1.165) is 0 Å². The van der Waals surface area contributed by atoms with Crippen LogP contribution in [-0.2, 0) is 24.7 Å². The lowest BCUT2D eigenvalue weighted by molar-refractivity contribution is -0.119. The minimum Gasteiger partial charge on any atom is -0.490 e. The molecule has 4 rings (SSSR count). The predicted molar refractivity (Wildman–Crippen MR) is 115 cm³/mol. The molecule has 1 saturated heterocycles. The van der Waals surface area contributed by atoms with E-state index in [0.29, 0.717) is 48.9 Å². The summed E-state index contributed by atoms with van der Waals surface area (Å²) < 4.78 is 62.1. The Kier molecular flexibility index (Phi) is 5.80. The van der Waals surface area contributed by atoms with Gasteiger partial charge in [0.1, 0.15) is 0 Å². The summed E-state index contributed by atoms with van der Waals surface area (Å²) in [7, 11) is -7.01. The number of hydrogen-bond donors (Lipinski definition) is 2. The maximum Gasteiger partial charge on any atom is 0.262 e. The van der Waals surface area contributed by atoms with Gasteiger partial charge in [0, 0.05) is 23.9 Å². The molecule has 9 nitrogen and oxygen atoms in total. The summed E-state index contributed by atoms with van der Waals surface area (Å²) in [5.74, 6) is -0.166. The molecule has 31 heavy (non-hydrogen) atoms. The SMILES string of the molecule is O=C(Nc1ccc(NS(=O)(=O)c2ccc3c(c2)OCCCO3)cc1)[C@@H]1CCS(=O)(=O)C1. The van der Waals surface area contributed by atoms with Gasteiger partial charge in [-0.1, -0.05) is 0 Å². The highest BCUT2D eigenvalue weighted by Crippen LogP contribution is 2.32. The molecule has 0 saturated carbocycles. The molecule has 0 spiro atoms. The summed E-state index contributed by atoms with van der Waals surface area (Å²) >= 11 is 0. The molecule has 1 amide bonds. The van der Waals surface area contributed by atoms with Crippen LogP contribution in [0.3, 0.4) is 0 Å². The maximum absolute atomic E-state index is 12.7. The molecule has 1 atom stereocenters. The zero-order valence-electron chi connectivity index (χ0n) is 16.5. The van der Waals surface area contributed by atoms with Crippen LogP contribution in [0.4, 0.5) is 11.4 Å². The Bertz CT molecular complexity index is 1190. The first kappa shape index (κ1) is 21.4. The van der Waals surface area contributed by atoms with Crippen molar-refractivity contribution in [1.82, 2.24) is 0 Å². The van der Waals surface area contributed by atoms with Crippen molar-refractivity contribution >= 4 is 37.1 Å². The number of fused-ring (bicyclic) bond motifs is 1. The summed E-state index contributed by atoms with van der Waals surface area (Å²) in [6, 6.07) is 10.6. The summed E-state index contributed by atoms with van der Waals surface area (Å²) in [6.07, 6.45) is 1.02. The van der Waals surface area contributed by atoms with Gasteiger partial charge in [0.15, 0.2) is 21.3 Å². The first-order chi connectivity index (χ1) is 14.7. The fraction of sp³-hybridized carbons (Fsp3) is 0.350. The third-order valence-corrected chi connectivity index (χ3v) is 8.18. The van der Waals surface area contributed by atoms with Gasteiger partial charge in [0.2, 0.25) is 5.91 Å². The second-order valence-corrected chi connectivity index (χ2v) is 11.3. The minimum absolute atomic E-state index is 0.0195. The van der Waals surface area contributed by atoms with Crippen LogP contribution in [0.25, 0.3) is 0 Å². The Morgan fingerprint density at radius 3 is 2.32 bits per heavy atom. The first-order valence-corrected chi connectivity index (χ1v) is 13.1. The number of nitrogens with one attached hydrogen (secondary N) is 2. The molecule has 2 N–H and O–H groups in total. The van der Waals surface area contributed by atoms with Crippen LogP contribution in [0.1, 0.15) is 12.8 Å². The van der Waals surface area contributed by atoms with E-state index in [9.17, 15) is 21.6 Å². The molecule has 11 heteroatoms. The van der Waals surface area contributed by atoms with Crippen LogP contribution < -0.4 is 19.5 Å². The quantitative estimate of drug-likeness (QED) is 0.690. The molecule has 2 heterocycles. The molecule has 0 aliphatic carbocycles. The van der Waals surface area contributed by atoms with E-state index in [1.165, 1.54) is 24.3 Å². The number of sulfone groups is 1. The van der Waals surface area contributed by atoms with Crippen molar-refractivity contribution in [3.63, 3.8) is 0 Å². The number of carbonyl (C=O) groups excluding carboxylic acids is 1. The van der Waals surface area contributed by atoms with E-state index in [2.05, 4.69) is 10.0 Å². The number of benzene rings is 2. The average molecular weight is 467 g/mol. The van der Waals surface area contributed by atoms with Crippen LogP contribution in [0.15, 0.2) is 47.4 Å². The van der Waals surface area contributed by atoms with Gasteiger partial charge in [-0.15, -0.1) is 0 Å². The molecule has 0 bridgehead atoms. The maximum atomic E-state index is 12.7. The molecule has 0 aromatic heterocycles. The molecule has 0 radical (unpaired) electrons. The molecule has 166 valence electrons. The molecule has 0 unspecified atom stereocenters. The van der Waals surface area contributed by atoms with E-state index in [1.54, 1.807) is 18.2 Å². The van der Waals surface area contributed by atoms with Crippen LogP contribution >= 0.6 is 0 Å². The van der Waals surface area contributed by atoms with E-state index in [1.807, 2.05) is 0 Å². The predicted octanol–water partition coefficient (Wildman–Crippen LogP) is 2.02. The van der Waals surface area contributed by atoms with E-state index in [4.69, 9.17) is 9.47 Å². The lowest BCUT2D eigenvalue weighted by Crippen LogP contribution is -2.23. The minimum atomic E-state index is -3.86. The molecule has 2 aromatic carbocycles. The van der Waals surface area contributed by atoms with Crippen molar-refractivity contribution in [2.45, 2.75) is 17.7 Å². The third-order valence-electron chi connectivity index (χ3n) is 5.04. The van der Waals surface area contributed by atoms with Crippen molar-refractivity contribution in [1.29, 1.82) is 0 Å². The van der Waals surface area contributed by atoms with Crippen molar-refractivity contribution in [2.24, 2.45) is 5.92 Å². The van der Waals surface area contributed by atoms with Gasteiger partial charge in [-0.05, 0) is 42.8 Å². The number of rotatable bonds is 5. The van der Waals surface area contributed by atoms with E-state index < -0.39 is 25.8 Å². The summed E-state index contributed by atoms with van der Waals surface area (Å²) in [5, 5.41) is 2.67. The van der Waals surface area contributed by atoms with Gasteiger partial charge < -0.3 is 14.8 Å². The van der Waals surface area contributed by atoms with Gasteiger partial charge in [-0.2, -0.15) is 0 Å².